The Labute approximate surface area is 289 Å². The molecule has 2 aliphatic rings. The van der Waals surface area contributed by atoms with Crippen molar-refractivity contribution in [3.8, 4) is 39.1 Å². The minimum absolute atomic E-state index is 0.0815. The predicted octanol–water partition coefficient (Wildman–Crippen LogP) is 13.3. The summed E-state index contributed by atoms with van der Waals surface area (Å²) in [5.74, 6) is 0. The van der Waals surface area contributed by atoms with Crippen LogP contribution in [0.4, 0.5) is 0 Å². The Kier molecular flexibility index (Phi) is 5.77. The van der Waals surface area contributed by atoms with Gasteiger partial charge in [-0.25, -0.2) is 0 Å². The lowest BCUT2D eigenvalue weighted by Crippen LogP contribution is -2.20. The summed E-state index contributed by atoms with van der Waals surface area (Å²) < 4.78 is 5.16. The molecule has 0 unspecified atom stereocenters. The largest absolute Gasteiger partial charge is 0.309 e. The first-order chi connectivity index (χ1) is 24.3. The smallest absolute Gasteiger partial charge is 0.0541 e. The molecule has 2 aliphatic carbocycles. The first kappa shape index (κ1) is 27.5. The zero-order valence-electron chi connectivity index (χ0n) is 27.1. The summed E-state index contributed by atoms with van der Waals surface area (Å²) in [4.78, 5) is 0. The highest BCUT2D eigenvalue weighted by Crippen LogP contribution is 2.58. The van der Waals surface area contributed by atoms with Crippen molar-refractivity contribution in [2.24, 2.45) is 0 Å². The summed E-state index contributed by atoms with van der Waals surface area (Å²) >= 11 is 1.93. The van der Waals surface area contributed by atoms with E-state index >= 15 is 0 Å². The van der Waals surface area contributed by atoms with Gasteiger partial charge in [0, 0.05) is 42.0 Å². The first-order valence-corrected chi connectivity index (χ1v) is 18.4. The van der Waals surface area contributed by atoms with Crippen molar-refractivity contribution in [2.45, 2.75) is 31.1 Å². The van der Waals surface area contributed by atoms with Crippen LogP contribution in [0.25, 0.3) is 81.0 Å². The molecule has 1 saturated carbocycles. The van der Waals surface area contributed by atoms with Crippen molar-refractivity contribution in [1.29, 1.82) is 0 Å². The summed E-state index contributed by atoms with van der Waals surface area (Å²) in [6, 6.07) is 57.0. The van der Waals surface area contributed by atoms with Crippen LogP contribution in [0.3, 0.4) is 0 Å². The molecule has 2 aromatic heterocycles. The summed E-state index contributed by atoms with van der Waals surface area (Å²) in [6.07, 6.45) is 5.00. The fraction of sp³-hybridized carbons (Fsp3) is 0.106. The number of para-hydroxylation sites is 2. The molecule has 1 fully saturated rings. The Bertz CT molecular complexity index is 2770. The maximum absolute atomic E-state index is 2.56. The van der Waals surface area contributed by atoms with Gasteiger partial charge in [-0.15, -0.1) is 11.3 Å². The number of aromatic nitrogens is 1. The van der Waals surface area contributed by atoms with Gasteiger partial charge in [-0.1, -0.05) is 116 Å². The van der Waals surface area contributed by atoms with Gasteiger partial charge < -0.3 is 4.57 Å². The lowest BCUT2D eigenvalue weighted by atomic mass is 9.75. The Hall–Kier alpha value is -5.44. The molecule has 0 radical (unpaired) electrons. The van der Waals surface area contributed by atoms with E-state index in [-0.39, 0.29) is 5.41 Å². The van der Waals surface area contributed by atoms with Crippen LogP contribution in [-0.4, -0.2) is 4.57 Å². The summed E-state index contributed by atoms with van der Waals surface area (Å²) in [5.41, 5.74) is 15.0. The van der Waals surface area contributed by atoms with Crippen molar-refractivity contribution < 1.29 is 0 Å². The molecule has 0 amide bonds. The third kappa shape index (κ3) is 3.87. The standard InChI is InChI=1S/C47H33NS/c1-2-11-33(12-3-1)48-43-17-6-4-13-37(43)40-27-30(21-24-44(40)48)31-19-22-35-36-23-20-32(29-42(36)47(41(35)28-31)25-8-9-26-47)34-15-10-16-39-38-14-5-7-18-45(38)49-46(34)39/h1-7,10-24,27-29H,8-9,25-26H2. The zero-order chi connectivity index (χ0) is 32.1. The average molecular weight is 644 g/mol. The molecular weight excluding hydrogens is 611 g/mol. The molecule has 0 aliphatic heterocycles. The van der Waals surface area contributed by atoms with E-state index in [1.165, 1.54) is 118 Å². The van der Waals surface area contributed by atoms with E-state index in [4.69, 9.17) is 0 Å². The number of benzene rings is 7. The van der Waals surface area contributed by atoms with Crippen LogP contribution < -0.4 is 0 Å². The minimum atomic E-state index is 0.0815. The van der Waals surface area contributed by atoms with Gasteiger partial charge in [-0.05, 0) is 106 Å². The molecule has 0 saturated heterocycles. The minimum Gasteiger partial charge on any atom is -0.309 e. The summed E-state index contributed by atoms with van der Waals surface area (Å²) in [7, 11) is 0. The molecule has 9 aromatic rings. The van der Waals surface area contributed by atoms with E-state index in [9.17, 15) is 0 Å². The zero-order valence-corrected chi connectivity index (χ0v) is 27.9. The van der Waals surface area contributed by atoms with Gasteiger partial charge in [0.15, 0.2) is 0 Å². The maximum atomic E-state index is 2.56. The molecule has 49 heavy (non-hydrogen) atoms. The van der Waals surface area contributed by atoms with Crippen LogP contribution in [0.5, 0.6) is 0 Å². The molecule has 0 bridgehead atoms. The molecule has 7 aromatic carbocycles. The van der Waals surface area contributed by atoms with E-state index in [2.05, 4.69) is 156 Å². The van der Waals surface area contributed by atoms with Crippen LogP contribution in [0.15, 0.2) is 152 Å². The Balaban J connectivity index is 1.05. The number of nitrogens with zero attached hydrogens (tertiary/aromatic N) is 1. The SMILES string of the molecule is c1ccc(-n2c3ccccc3c3cc(-c4ccc5c(c4)C4(CCCC4)c4cc(-c6cccc7c6sc6ccccc67)ccc4-5)ccc32)cc1. The molecule has 0 N–H and O–H groups in total. The second-order valence-corrected chi connectivity index (χ2v) is 15.1. The second kappa shape index (κ2) is 10.3. The van der Waals surface area contributed by atoms with E-state index in [0.29, 0.717) is 0 Å². The van der Waals surface area contributed by atoms with Crippen LogP contribution in [0, 0.1) is 0 Å². The van der Waals surface area contributed by atoms with Crippen LogP contribution >= 0.6 is 11.3 Å². The number of rotatable bonds is 3. The van der Waals surface area contributed by atoms with Gasteiger partial charge in [-0.3, -0.25) is 0 Å². The molecule has 2 heterocycles. The van der Waals surface area contributed by atoms with Gasteiger partial charge in [0.2, 0.25) is 0 Å². The van der Waals surface area contributed by atoms with Gasteiger partial charge >= 0.3 is 0 Å². The molecule has 2 heteroatoms. The number of thiophene rings is 1. The van der Waals surface area contributed by atoms with E-state index in [1.54, 1.807) is 0 Å². The third-order valence-corrected chi connectivity index (χ3v) is 12.8. The normalized spacial score (nSPS) is 14.8. The van der Waals surface area contributed by atoms with Crippen molar-refractivity contribution in [3.63, 3.8) is 0 Å². The van der Waals surface area contributed by atoms with Crippen molar-refractivity contribution in [3.05, 3.63) is 163 Å². The molecule has 1 spiro atoms. The lowest BCUT2D eigenvalue weighted by molar-refractivity contribution is 0.550. The second-order valence-electron chi connectivity index (χ2n) is 14.0. The van der Waals surface area contributed by atoms with Crippen LogP contribution in [0.2, 0.25) is 0 Å². The predicted molar refractivity (Wildman–Crippen MR) is 209 cm³/mol. The Morgan fingerprint density at radius 2 is 1.08 bits per heavy atom. The molecule has 1 nitrogen and oxygen atoms in total. The summed E-state index contributed by atoms with van der Waals surface area (Å²) in [6.45, 7) is 0. The van der Waals surface area contributed by atoms with Gasteiger partial charge in [-0.2, -0.15) is 0 Å². The Morgan fingerprint density at radius 3 is 1.92 bits per heavy atom. The van der Waals surface area contributed by atoms with Gasteiger partial charge in [0.25, 0.3) is 0 Å². The molecule has 11 rings (SSSR count). The fourth-order valence-electron chi connectivity index (χ4n) is 9.34. The van der Waals surface area contributed by atoms with Gasteiger partial charge in [0.1, 0.15) is 0 Å². The van der Waals surface area contributed by atoms with E-state index < -0.39 is 0 Å². The van der Waals surface area contributed by atoms with Crippen molar-refractivity contribution in [1.82, 2.24) is 4.57 Å². The molecular formula is C47H33NS. The highest BCUT2D eigenvalue weighted by atomic mass is 32.1. The highest BCUT2D eigenvalue weighted by molar-refractivity contribution is 7.26. The van der Waals surface area contributed by atoms with Crippen molar-refractivity contribution in [2.75, 3.05) is 0 Å². The number of hydrogen-bond donors (Lipinski definition) is 0. The quantitative estimate of drug-likeness (QED) is 0.181. The molecule has 232 valence electrons. The Morgan fingerprint density at radius 1 is 0.449 bits per heavy atom. The average Bonchev–Trinajstić information content (AvgIpc) is 3.94. The third-order valence-electron chi connectivity index (χ3n) is 11.6. The number of fused-ring (bicyclic) bond motifs is 11. The van der Waals surface area contributed by atoms with Crippen molar-refractivity contribution >= 4 is 53.3 Å². The van der Waals surface area contributed by atoms with Crippen LogP contribution in [-0.2, 0) is 5.41 Å². The van der Waals surface area contributed by atoms with Crippen LogP contribution in [0.1, 0.15) is 36.8 Å². The summed E-state index contributed by atoms with van der Waals surface area (Å²) in [5, 5.41) is 5.33. The first-order valence-electron chi connectivity index (χ1n) is 17.6. The topological polar surface area (TPSA) is 4.93 Å². The number of hydrogen-bond acceptors (Lipinski definition) is 1. The highest BCUT2D eigenvalue weighted by Gasteiger charge is 2.45. The maximum Gasteiger partial charge on any atom is 0.0541 e. The fourth-order valence-corrected chi connectivity index (χ4v) is 10.6. The molecule has 0 atom stereocenters. The van der Waals surface area contributed by atoms with Gasteiger partial charge in [0.05, 0.1) is 11.0 Å². The van der Waals surface area contributed by atoms with E-state index in [1.807, 2.05) is 11.3 Å². The van der Waals surface area contributed by atoms with E-state index in [0.717, 1.165) is 0 Å². The monoisotopic (exact) mass is 643 g/mol. The lowest BCUT2D eigenvalue weighted by Gasteiger charge is -2.27.